The normalized spacial score (nSPS) is 10.9. The number of hydrogen-bond acceptors (Lipinski definition) is 7. The molecule has 4 aromatic rings. The fourth-order valence-electron chi connectivity index (χ4n) is 3.25. The Labute approximate surface area is 194 Å². The summed E-state index contributed by atoms with van der Waals surface area (Å²) in [6, 6.07) is 10.9. The van der Waals surface area contributed by atoms with E-state index in [-0.39, 0.29) is 22.9 Å². The number of nitrogens with zero attached hydrogens (tertiary/aromatic N) is 4. The Morgan fingerprint density at radius 2 is 1.73 bits per heavy atom. The Kier molecular flexibility index (Phi) is 6.36. The van der Waals surface area contributed by atoms with Crippen molar-refractivity contribution in [2.75, 3.05) is 25.3 Å². The van der Waals surface area contributed by atoms with E-state index in [2.05, 4.69) is 15.5 Å². The number of nitrogens with one attached hydrogen (secondary N) is 1. The first-order chi connectivity index (χ1) is 15.9. The lowest BCUT2D eigenvalue weighted by atomic mass is 10.1. The van der Waals surface area contributed by atoms with Crippen molar-refractivity contribution >= 4 is 29.0 Å². The predicted octanol–water partition coefficient (Wildman–Crippen LogP) is 3.25. The van der Waals surface area contributed by atoms with Crippen molar-refractivity contribution in [1.82, 2.24) is 19.2 Å². The summed E-state index contributed by atoms with van der Waals surface area (Å²) >= 11 is 1.19. The van der Waals surface area contributed by atoms with Gasteiger partial charge in [-0.1, -0.05) is 17.8 Å². The second kappa shape index (κ2) is 9.37. The van der Waals surface area contributed by atoms with E-state index >= 15 is 0 Å². The Bertz CT molecular complexity index is 1370. The zero-order valence-corrected chi connectivity index (χ0v) is 19.5. The van der Waals surface area contributed by atoms with Gasteiger partial charge in [0, 0.05) is 42.0 Å². The van der Waals surface area contributed by atoms with Gasteiger partial charge in [0.05, 0.1) is 20.0 Å². The van der Waals surface area contributed by atoms with Crippen molar-refractivity contribution in [3.63, 3.8) is 0 Å². The summed E-state index contributed by atoms with van der Waals surface area (Å²) in [6.07, 6.45) is 3.40. The van der Waals surface area contributed by atoms with Crippen molar-refractivity contribution < 1.29 is 14.3 Å². The van der Waals surface area contributed by atoms with Crippen molar-refractivity contribution in [2.24, 2.45) is 0 Å². The number of amides is 1. The van der Waals surface area contributed by atoms with Gasteiger partial charge in [-0.05, 0) is 37.1 Å². The number of carbonyl (C=O) groups excluding carboxylic acids is 1. The molecule has 0 radical (unpaired) electrons. The fourth-order valence-corrected chi connectivity index (χ4v) is 3.97. The maximum atomic E-state index is 13.0. The van der Waals surface area contributed by atoms with Crippen LogP contribution in [0, 0.1) is 13.8 Å². The maximum Gasteiger partial charge on any atom is 0.300 e. The molecule has 0 saturated carbocycles. The molecule has 0 aliphatic carbocycles. The standard InChI is InChI=1S/C23H23N5O4S/c1-14-5-6-17(9-15(14)2)27-7-8-28-21(22(27)30)25-26-23(28)33-13-20(29)24-16-10-18(31-3)12-19(11-16)32-4/h5-12H,13H2,1-4H3,(H,24,29). The second-order valence-electron chi connectivity index (χ2n) is 7.36. The Balaban J connectivity index is 1.51. The molecule has 2 heterocycles. The molecule has 33 heavy (non-hydrogen) atoms. The zero-order valence-electron chi connectivity index (χ0n) is 18.7. The number of methoxy groups -OCH3 is 2. The van der Waals surface area contributed by atoms with Gasteiger partial charge in [0.25, 0.3) is 0 Å². The minimum Gasteiger partial charge on any atom is -0.497 e. The van der Waals surface area contributed by atoms with Crippen molar-refractivity contribution in [3.8, 4) is 17.2 Å². The highest BCUT2D eigenvalue weighted by Gasteiger charge is 2.14. The van der Waals surface area contributed by atoms with Crippen LogP contribution in [-0.2, 0) is 4.79 Å². The molecule has 0 spiro atoms. The number of fused-ring (bicyclic) bond motifs is 1. The molecule has 0 unspecified atom stereocenters. The number of benzene rings is 2. The third kappa shape index (κ3) is 4.70. The molecule has 10 heteroatoms. The molecule has 0 aliphatic heterocycles. The predicted molar refractivity (Wildman–Crippen MR) is 127 cm³/mol. The topological polar surface area (TPSA) is 99.8 Å². The average molecular weight is 466 g/mol. The molecule has 0 aliphatic rings. The minimum absolute atomic E-state index is 0.0839. The third-order valence-corrected chi connectivity index (χ3v) is 6.12. The zero-order chi connectivity index (χ0) is 23.5. The maximum absolute atomic E-state index is 13.0. The van der Waals surface area contributed by atoms with Crippen LogP contribution in [0.5, 0.6) is 11.5 Å². The van der Waals surface area contributed by atoms with Gasteiger partial charge in [0.2, 0.25) is 11.6 Å². The lowest BCUT2D eigenvalue weighted by Gasteiger charge is -2.10. The monoisotopic (exact) mass is 465 g/mol. The number of hydrogen-bond donors (Lipinski definition) is 1. The molecule has 9 nitrogen and oxygen atoms in total. The summed E-state index contributed by atoms with van der Waals surface area (Å²) in [6.45, 7) is 4.02. The van der Waals surface area contributed by atoms with Gasteiger partial charge in [-0.2, -0.15) is 0 Å². The molecule has 0 saturated heterocycles. The van der Waals surface area contributed by atoms with E-state index < -0.39 is 0 Å². The molecule has 170 valence electrons. The molecule has 0 fully saturated rings. The van der Waals surface area contributed by atoms with E-state index in [0.29, 0.717) is 22.3 Å². The number of rotatable bonds is 7. The Morgan fingerprint density at radius 3 is 2.39 bits per heavy atom. The van der Waals surface area contributed by atoms with E-state index in [1.165, 1.54) is 16.3 Å². The van der Waals surface area contributed by atoms with Crippen molar-refractivity contribution in [2.45, 2.75) is 19.0 Å². The first-order valence-electron chi connectivity index (χ1n) is 10.1. The summed E-state index contributed by atoms with van der Waals surface area (Å²) < 4.78 is 13.6. The van der Waals surface area contributed by atoms with E-state index in [1.54, 1.807) is 49.2 Å². The molecule has 4 rings (SSSR count). The minimum atomic E-state index is -0.284. The van der Waals surface area contributed by atoms with Gasteiger partial charge in [0.15, 0.2) is 5.16 Å². The summed E-state index contributed by atoms with van der Waals surface area (Å²) in [5, 5.41) is 11.4. The Morgan fingerprint density at radius 1 is 1.00 bits per heavy atom. The number of thioether (sulfide) groups is 1. The third-order valence-electron chi connectivity index (χ3n) is 5.18. The molecular weight excluding hydrogens is 442 g/mol. The molecule has 2 aromatic heterocycles. The highest BCUT2D eigenvalue weighted by molar-refractivity contribution is 7.99. The number of anilines is 1. The van der Waals surface area contributed by atoms with Gasteiger partial charge in [-0.25, -0.2) is 0 Å². The largest absolute Gasteiger partial charge is 0.497 e. The molecule has 0 bridgehead atoms. The summed E-state index contributed by atoms with van der Waals surface area (Å²) in [7, 11) is 3.08. The first-order valence-corrected chi connectivity index (χ1v) is 11.1. The lowest BCUT2D eigenvalue weighted by Crippen LogP contribution is -2.20. The average Bonchev–Trinajstić information content (AvgIpc) is 3.23. The summed E-state index contributed by atoms with van der Waals surface area (Å²) in [5.41, 5.74) is 3.47. The first kappa shape index (κ1) is 22.4. The van der Waals surface area contributed by atoms with Gasteiger partial charge in [0.1, 0.15) is 11.5 Å². The van der Waals surface area contributed by atoms with E-state index in [0.717, 1.165) is 16.8 Å². The van der Waals surface area contributed by atoms with E-state index in [9.17, 15) is 9.59 Å². The number of ether oxygens (including phenoxy) is 2. The Hall–Kier alpha value is -3.79. The summed E-state index contributed by atoms with van der Waals surface area (Å²) in [4.78, 5) is 25.4. The lowest BCUT2D eigenvalue weighted by molar-refractivity contribution is -0.113. The van der Waals surface area contributed by atoms with Crippen LogP contribution in [-0.4, -0.2) is 45.0 Å². The quantitative estimate of drug-likeness (QED) is 0.418. The van der Waals surface area contributed by atoms with Crippen molar-refractivity contribution in [3.05, 3.63) is 70.3 Å². The van der Waals surface area contributed by atoms with Crippen LogP contribution in [0.4, 0.5) is 5.69 Å². The number of aryl methyl sites for hydroxylation is 2. The summed E-state index contributed by atoms with van der Waals surface area (Å²) in [5.74, 6) is 0.984. The molecule has 1 amide bonds. The van der Waals surface area contributed by atoms with Crippen LogP contribution < -0.4 is 20.3 Å². The SMILES string of the molecule is COc1cc(NC(=O)CSc2nnc3c(=O)n(-c4ccc(C)c(C)c4)ccn23)cc(OC)c1. The smallest absolute Gasteiger partial charge is 0.300 e. The van der Waals surface area contributed by atoms with Crippen molar-refractivity contribution in [1.29, 1.82) is 0 Å². The van der Waals surface area contributed by atoms with E-state index in [4.69, 9.17) is 9.47 Å². The van der Waals surface area contributed by atoms with Gasteiger partial charge < -0.3 is 14.8 Å². The fraction of sp³-hybridized carbons (Fsp3) is 0.217. The van der Waals surface area contributed by atoms with Crippen LogP contribution >= 0.6 is 11.8 Å². The highest BCUT2D eigenvalue weighted by Crippen LogP contribution is 2.26. The van der Waals surface area contributed by atoms with Gasteiger partial charge in [-0.15, -0.1) is 10.2 Å². The second-order valence-corrected chi connectivity index (χ2v) is 8.30. The van der Waals surface area contributed by atoms with Crippen LogP contribution in [0.3, 0.4) is 0 Å². The van der Waals surface area contributed by atoms with Crippen LogP contribution in [0.2, 0.25) is 0 Å². The highest BCUT2D eigenvalue weighted by atomic mass is 32.2. The van der Waals surface area contributed by atoms with E-state index in [1.807, 2.05) is 32.0 Å². The van der Waals surface area contributed by atoms with Gasteiger partial charge >= 0.3 is 5.56 Å². The van der Waals surface area contributed by atoms with Crippen LogP contribution in [0.1, 0.15) is 11.1 Å². The molecule has 1 N–H and O–H groups in total. The number of carbonyl (C=O) groups is 1. The molecule has 0 atom stereocenters. The van der Waals surface area contributed by atoms with Gasteiger partial charge in [-0.3, -0.25) is 18.6 Å². The molecular formula is C23H23N5O4S. The number of aromatic nitrogens is 4. The van der Waals surface area contributed by atoms with Crippen LogP contribution in [0.15, 0.2) is 58.7 Å². The molecule has 2 aromatic carbocycles. The van der Waals surface area contributed by atoms with Crippen LogP contribution in [0.25, 0.3) is 11.3 Å².